The van der Waals surface area contributed by atoms with Crippen LogP contribution >= 0.6 is 34.3 Å². The van der Waals surface area contributed by atoms with E-state index in [1.54, 1.807) is 19.1 Å². The van der Waals surface area contributed by atoms with Crippen LogP contribution in [0, 0.1) is 0 Å². The monoisotopic (exact) mass is 525 g/mol. The van der Waals surface area contributed by atoms with Gasteiger partial charge in [-0.25, -0.2) is 9.78 Å². The Hall–Kier alpha value is -2.94. The summed E-state index contributed by atoms with van der Waals surface area (Å²) in [6.07, 6.45) is 5.42. The zero-order chi connectivity index (χ0) is 24.5. The molecule has 6 nitrogen and oxygen atoms in total. The van der Waals surface area contributed by atoms with Gasteiger partial charge in [-0.2, -0.15) is 0 Å². The maximum atomic E-state index is 13.3. The number of thiophene rings is 2. The first-order chi connectivity index (χ1) is 17.0. The van der Waals surface area contributed by atoms with Crippen LogP contribution in [0.1, 0.15) is 57.5 Å². The predicted octanol–water partition coefficient (Wildman–Crippen LogP) is 6.96. The third-order valence-electron chi connectivity index (χ3n) is 6.11. The van der Waals surface area contributed by atoms with Gasteiger partial charge < -0.3 is 15.8 Å². The van der Waals surface area contributed by atoms with Crippen molar-refractivity contribution < 1.29 is 14.3 Å². The Labute approximate surface area is 216 Å². The molecule has 0 unspecified atom stereocenters. The fraction of sp³-hybridized carbons (Fsp3) is 0.269. The number of ether oxygens (including phenoxy) is 1. The fourth-order valence-electron chi connectivity index (χ4n) is 4.36. The van der Waals surface area contributed by atoms with Crippen LogP contribution < -0.4 is 11.1 Å². The van der Waals surface area contributed by atoms with E-state index in [1.165, 1.54) is 34.7 Å². The smallest absolute Gasteiger partial charge is 0.341 e. The molecule has 0 bridgehead atoms. The minimum Gasteiger partial charge on any atom is -0.462 e. The molecule has 0 aliphatic heterocycles. The maximum absolute atomic E-state index is 13.3. The van der Waals surface area contributed by atoms with Crippen molar-refractivity contribution >= 4 is 67.1 Å². The van der Waals surface area contributed by atoms with Crippen LogP contribution in [0.15, 0.2) is 35.7 Å². The second kappa shape index (κ2) is 9.97. The number of hydrogen-bond acceptors (Lipinski definition) is 7. The lowest BCUT2D eigenvalue weighted by molar-refractivity contribution is 0.0529. The van der Waals surface area contributed by atoms with Gasteiger partial charge in [0.25, 0.3) is 5.91 Å². The molecular formula is C26H24ClN3O3S2. The molecule has 0 spiro atoms. The number of halogens is 1. The van der Waals surface area contributed by atoms with E-state index >= 15 is 0 Å². The number of nitrogens with zero attached hydrogens (tertiary/aromatic N) is 1. The summed E-state index contributed by atoms with van der Waals surface area (Å²) >= 11 is 8.59. The van der Waals surface area contributed by atoms with E-state index in [0.29, 0.717) is 31.7 Å². The summed E-state index contributed by atoms with van der Waals surface area (Å²) in [7, 11) is 0. The third kappa shape index (κ3) is 4.66. The maximum Gasteiger partial charge on any atom is 0.341 e. The second-order valence-electron chi connectivity index (χ2n) is 8.39. The van der Waals surface area contributed by atoms with Crippen LogP contribution in [-0.2, 0) is 17.6 Å². The number of esters is 1. The Morgan fingerprint density at radius 3 is 2.71 bits per heavy atom. The van der Waals surface area contributed by atoms with E-state index in [9.17, 15) is 9.59 Å². The number of fused-ring (bicyclic) bond motifs is 2. The average Bonchev–Trinajstić information content (AvgIpc) is 3.30. The number of aryl methyl sites for hydroxylation is 2. The number of amides is 1. The van der Waals surface area contributed by atoms with Crippen molar-refractivity contribution in [3.8, 4) is 11.1 Å². The molecule has 3 heterocycles. The van der Waals surface area contributed by atoms with Crippen LogP contribution in [0.25, 0.3) is 21.3 Å². The van der Waals surface area contributed by atoms with Gasteiger partial charge in [0.15, 0.2) is 0 Å². The zero-order valence-electron chi connectivity index (χ0n) is 19.2. The molecule has 0 saturated heterocycles. The van der Waals surface area contributed by atoms with Crippen LogP contribution in [-0.4, -0.2) is 23.5 Å². The van der Waals surface area contributed by atoms with E-state index < -0.39 is 5.97 Å². The van der Waals surface area contributed by atoms with Crippen LogP contribution in [0.5, 0.6) is 0 Å². The van der Waals surface area contributed by atoms with E-state index in [2.05, 4.69) is 11.4 Å². The van der Waals surface area contributed by atoms with Gasteiger partial charge >= 0.3 is 5.97 Å². The molecule has 0 fully saturated rings. The molecule has 9 heteroatoms. The molecule has 4 aromatic rings. The molecule has 35 heavy (non-hydrogen) atoms. The third-order valence-corrected chi connectivity index (χ3v) is 8.37. The molecule has 0 atom stereocenters. The lowest BCUT2D eigenvalue weighted by Crippen LogP contribution is -2.14. The highest BCUT2D eigenvalue weighted by Crippen LogP contribution is 2.39. The standard InChI is InChI=1S/C26H24ClN3O3S2/c1-2-33-26(32)20-18(14-8-10-16(27)11-9-14)13-34-25(20)30-23(31)22-21(28)17-12-15-6-4-3-5-7-19(15)29-24(17)35-22/h8-13H,2-7,28H2,1H3,(H,30,31). The van der Waals surface area contributed by atoms with Crippen LogP contribution in [0.4, 0.5) is 10.7 Å². The Bertz CT molecular complexity index is 1430. The van der Waals surface area contributed by atoms with Crippen molar-refractivity contribution in [2.45, 2.75) is 39.0 Å². The molecule has 1 aliphatic carbocycles. The molecule has 3 aromatic heterocycles. The van der Waals surface area contributed by atoms with E-state index in [0.717, 1.165) is 47.2 Å². The number of benzene rings is 1. The molecule has 0 saturated carbocycles. The SMILES string of the molecule is CCOC(=O)c1c(-c2ccc(Cl)cc2)csc1NC(=O)c1sc2nc3c(cc2c1N)CCCCC3. The van der Waals surface area contributed by atoms with Crippen LogP contribution in [0.3, 0.4) is 0 Å². The minimum atomic E-state index is -0.497. The van der Waals surface area contributed by atoms with Crippen molar-refractivity contribution in [2.24, 2.45) is 0 Å². The highest BCUT2D eigenvalue weighted by Gasteiger charge is 2.25. The number of nitrogen functional groups attached to an aromatic ring is 1. The molecule has 0 radical (unpaired) electrons. The number of aromatic nitrogens is 1. The van der Waals surface area contributed by atoms with Gasteiger partial charge in [0, 0.05) is 27.0 Å². The second-order valence-corrected chi connectivity index (χ2v) is 10.7. The lowest BCUT2D eigenvalue weighted by atomic mass is 10.0. The van der Waals surface area contributed by atoms with Crippen molar-refractivity contribution in [3.05, 3.63) is 62.4 Å². The van der Waals surface area contributed by atoms with Crippen molar-refractivity contribution in [2.75, 3.05) is 17.7 Å². The number of hydrogen-bond donors (Lipinski definition) is 2. The largest absolute Gasteiger partial charge is 0.462 e. The molecule has 1 aliphatic rings. The van der Waals surface area contributed by atoms with E-state index in [-0.39, 0.29) is 12.5 Å². The molecule has 180 valence electrons. The summed E-state index contributed by atoms with van der Waals surface area (Å²) in [5, 5.41) is 6.57. The van der Waals surface area contributed by atoms with Crippen molar-refractivity contribution in [3.63, 3.8) is 0 Å². The normalized spacial score (nSPS) is 13.3. The summed E-state index contributed by atoms with van der Waals surface area (Å²) < 4.78 is 5.30. The topological polar surface area (TPSA) is 94.3 Å². The van der Waals surface area contributed by atoms with Gasteiger partial charge in [-0.1, -0.05) is 30.2 Å². The summed E-state index contributed by atoms with van der Waals surface area (Å²) in [6, 6.07) is 9.28. The fourth-order valence-corrected chi connectivity index (χ4v) is 6.43. The number of pyridine rings is 1. The predicted molar refractivity (Wildman–Crippen MR) is 144 cm³/mol. The summed E-state index contributed by atoms with van der Waals surface area (Å²) in [4.78, 5) is 32.2. The van der Waals surface area contributed by atoms with Gasteiger partial charge in [-0.3, -0.25) is 4.79 Å². The quantitative estimate of drug-likeness (QED) is 0.217. The minimum absolute atomic E-state index is 0.224. The molecular weight excluding hydrogens is 502 g/mol. The van der Waals surface area contributed by atoms with E-state index in [4.69, 9.17) is 27.1 Å². The summed E-state index contributed by atoms with van der Waals surface area (Å²) in [6.45, 7) is 1.97. The van der Waals surface area contributed by atoms with Crippen LogP contribution in [0.2, 0.25) is 5.02 Å². The average molecular weight is 526 g/mol. The molecule has 5 rings (SSSR count). The number of nitrogens with one attached hydrogen (secondary N) is 1. The highest BCUT2D eigenvalue weighted by atomic mass is 35.5. The zero-order valence-corrected chi connectivity index (χ0v) is 21.5. The number of nitrogens with two attached hydrogens (primary N) is 1. The first kappa shape index (κ1) is 23.8. The van der Waals surface area contributed by atoms with Crippen molar-refractivity contribution in [1.29, 1.82) is 0 Å². The Morgan fingerprint density at radius 2 is 1.94 bits per heavy atom. The Balaban J connectivity index is 1.50. The highest BCUT2D eigenvalue weighted by molar-refractivity contribution is 7.21. The molecule has 1 amide bonds. The lowest BCUT2D eigenvalue weighted by Gasteiger charge is -2.09. The van der Waals surface area contributed by atoms with E-state index in [1.807, 2.05) is 17.5 Å². The van der Waals surface area contributed by atoms with Crippen molar-refractivity contribution in [1.82, 2.24) is 4.98 Å². The Morgan fingerprint density at radius 1 is 1.17 bits per heavy atom. The number of carbonyl (C=O) groups is 2. The summed E-state index contributed by atoms with van der Waals surface area (Å²) in [5.41, 5.74) is 11.0. The molecule has 3 N–H and O–H groups in total. The Kier molecular flexibility index (Phi) is 6.77. The first-order valence-corrected chi connectivity index (χ1v) is 13.6. The van der Waals surface area contributed by atoms with Gasteiger partial charge in [-0.15, -0.1) is 22.7 Å². The summed E-state index contributed by atoms with van der Waals surface area (Å²) in [5.74, 6) is -0.862. The van der Waals surface area contributed by atoms with Gasteiger partial charge in [0.1, 0.15) is 20.3 Å². The number of rotatable bonds is 5. The number of carbonyl (C=O) groups excluding carboxylic acids is 2. The van der Waals surface area contributed by atoms with Gasteiger partial charge in [0.05, 0.1) is 12.3 Å². The number of anilines is 2. The van der Waals surface area contributed by atoms with Gasteiger partial charge in [0.2, 0.25) is 0 Å². The molecule has 1 aromatic carbocycles. The first-order valence-electron chi connectivity index (χ1n) is 11.5. The van der Waals surface area contributed by atoms with Gasteiger partial charge in [-0.05, 0) is 61.9 Å².